The molecule has 2 aromatic carbocycles. The fourth-order valence-corrected chi connectivity index (χ4v) is 4.34. The molecule has 0 saturated heterocycles. The summed E-state index contributed by atoms with van der Waals surface area (Å²) in [7, 11) is 0. The van der Waals surface area contributed by atoms with E-state index in [1.807, 2.05) is 53.6 Å². The predicted octanol–water partition coefficient (Wildman–Crippen LogP) is 5.26. The van der Waals surface area contributed by atoms with Crippen LogP contribution in [0.4, 0.5) is 5.69 Å². The van der Waals surface area contributed by atoms with Gasteiger partial charge in [-0.2, -0.15) is 0 Å². The Morgan fingerprint density at radius 3 is 2.42 bits per heavy atom. The lowest BCUT2D eigenvalue weighted by atomic mass is 10.0. The van der Waals surface area contributed by atoms with Crippen LogP contribution in [0.3, 0.4) is 0 Å². The highest BCUT2D eigenvalue weighted by Crippen LogP contribution is 2.48. The molecule has 0 aliphatic heterocycles. The molecule has 4 nitrogen and oxygen atoms in total. The molecule has 0 radical (unpaired) electrons. The van der Waals surface area contributed by atoms with Crippen molar-refractivity contribution in [2.24, 2.45) is 17.6 Å². The number of rotatable bonds is 8. The molecule has 160 valence electrons. The SMILES string of the molecule is CC(C)C[C@H](N)CN(C(=O)[C@@H]1C[C@H]1c1ccccc1)c1ccc(-c2cccnc2)cc1. The molecular weight excluding hydrogens is 382 g/mol. The number of anilines is 1. The van der Waals surface area contributed by atoms with Crippen molar-refractivity contribution in [3.05, 3.63) is 84.7 Å². The molecule has 4 rings (SSSR count). The number of carbonyl (C=O) groups excluding carboxylic acids is 1. The third-order valence-corrected chi connectivity index (χ3v) is 5.97. The highest BCUT2D eigenvalue weighted by molar-refractivity contribution is 5.97. The standard InChI is InChI=1S/C27H31N3O/c1-19(2)15-23(28)18-30(27(31)26-16-25(26)21-7-4-3-5-8-21)24-12-10-20(11-13-24)22-9-6-14-29-17-22/h3-14,17,19,23,25-26H,15-16,18,28H2,1-2H3/t23-,25-,26+/m0/s1. The van der Waals surface area contributed by atoms with Crippen LogP contribution in [0.1, 0.15) is 38.2 Å². The summed E-state index contributed by atoms with van der Waals surface area (Å²) in [5, 5.41) is 0. The normalized spacial score (nSPS) is 18.6. The van der Waals surface area contributed by atoms with Gasteiger partial charge in [-0.25, -0.2) is 0 Å². The molecule has 1 amide bonds. The van der Waals surface area contributed by atoms with Gasteiger partial charge in [0.2, 0.25) is 5.91 Å². The topological polar surface area (TPSA) is 59.2 Å². The van der Waals surface area contributed by atoms with Crippen molar-refractivity contribution in [2.45, 2.75) is 38.6 Å². The molecule has 1 saturated carbocycles. The molecule has 31 heavy (non-hydrogen) atoms. The van der Waals surface area contributed by atoms with E-state index in [0.29, 0.717) is 18.4 Å². The molecule has 1 heterocycles. The second-order valence-corrected chi connectivity index (χ2v) is 8.99. The maximum atomic E-state index is 13.5. The van der Waals surface area contributed by atoms with Gasteiger partial charge in [0.05, 0.1) is 0 Å². The molecule has 1 aliphatic carbocycles. The maximum Gasteiger partial charge on any atom is 0.230 e. The Kier molecular flexibility index (Phi) is 6.47. The van der Waals surface area contributed by atoms with Crippen molar-refractivity contribution in [3.8, 4) is 11.1 Å². The summed E-state index contributed by atoms with van der Waals surface area (Å²) in [5.74, 6) is 1.03. The summed E-state index contributed by atoms with van der Waals surface area (Å²) in [5.41, 5.74) is 10.7. The van der Waals surface area contributed by atoms with Crippen LogP contribution < -0.4 is 10.6 Å². The molecule has 3 aromatic rings. The Balaban J connectivity index is 1.55. The lowest BCUT2D eigenvalue weighted by Crippen LogP contribution is -2.42. The number of amides is 1. The fourth-order valence-electron chi connectivity index (χ4n) is 4.34. The van der Waals surface area contributed by atoms with Crippen molar-refractivity contribution in [2.75, 3.05) is 11.4 Å². The molecule has 1 fully saturated rings. The highest BCUT2D eigenvalue weighted by atomic mass is 16.2. The molecule has 2 N–H and O–H groups in total. The molecule has 0 bridgehead atoms. The maximum absolute atomic E-state index is 13.5. The van der Waals surface area contributed by atoms with Gasteiger partial charge in [-0.15, -0.1) is 0 Å². The van der Waals surface area contributed by atoms with E-state index >= 15 is 0 Å². The van der Waals surface area contributed by atoms with Gasteiger partial charge in [0.25, 0.3) is 0 Å². The summed E-state index contributed by atoms with van der Waals surface area (Å²) in [6.45, 7) is 4.88. The Labute approximate surface area is 185 Å². The van der Waals surface area contributed by atoms with Crippen LogP contribution >= 0.6 is 0 Å². The summed E-state index contributed by atoms with van der Waals surface area (Å²) < 4.78 is 0. The van der Waals surface area contributed by atoms with Gasteiger partial charge < -0.3 is 10.6 Å². The van der Waals surface area contributed by atoms with Crippen molar-refractivity contribution < 1.29 is 4.79 Å². The minimum Gasteiger partial charge on any atom is -0.326 e. The Hall–Kier alpha value is -2.98. The van der Waals surface area contributed by atoms with Crippen LogP contribution in [0.2, 0.25) is 0 Å². The monoisotopic (exact) mass is 413 g/mol. The molecule has 0 spiro atoms. The van der Waals surface area contributed by atoms with Gasteiger partial charge in [-0.1, -0.05) is 62.4 Å². The summed E-state index contributed by atoms with van der Waals surface area (Å²) in [6.07, 6.45) is 5.43. The zero-order chi connectivity index (χ0) is 21.8. The zero-order valence-electron chi connectivity index (χ0n) is 18.3. The Morgan fingerprint density at radius 1 is 1.03 bits per heavy atom. The third-order valence-electron chi connectivity index (χ3n) is 5.97. The first kappa shape index (κ1) is 21.3. The van der Waals surface area contributed by atoms with E-state index in [9.17, 15) is 4.79 Å². The molecule has 1 aromatic heterocycles. The van der Waals surface area contributed by atoms with Crippen LogP contribution in [-0.4, -0.2) is 23.5 Å². The van der Waals surface area contributed by atoms with E-state index in [4.69, 9.17) is 5.73 Å². The summed E-state index contributed by atoms with van der Waals surface area (Å²) >= 11 is 0. The minimum absolute atomic E-state index is 0.0339. The molecule has 1 aliphatic rings. The number of nitrogens with zero attached hydrogens (tertiary/aromatic N) is 2. The van der Waals surface area contributed by atoms with E-state index in [2.05, 4.69) is 43.1 Å². The van der Waals surface area contributed by atoms with E-state index in [1.54, 1.807) is 6.20 Å². The molecular formula is C27H31N3O. The van der Waals surface area contributed by atoms with Crippen molar-refractivity contribution in [1.29, 1.82) is 0 Å². The summed E-state index contributed by atoms with van der Waals surface area (Å²) in [6, 6.07) is 22.4. The average molecular weight is 414 g/mol. The average Bonchev–Trinajstić information content (AvgIpc) is 3.59. The zero-order valence-corrected chi connectivity index (χ0v) is 18.3. The lowest BCUT2D eigenvalue weighted by molar-refractivity contribution is -0.120. The lowest BCUT2D eigenvalue weighted by Gasteiger charge is -2.27. The smallest absolute Gasteiger partial charge is 0.230 e. The summed E-state index contributed by atoms with van der Waals surface area (Å²) in [4.78, 5) is 19.6. The second-order valence-electron chi connectivity index (χ2n) is 8.99. The quantitative estimate of drug-likeness (QED) is 0.548. The highest BCUT2D eigenvalue weighted by Gasteiger charge is 2.46. The van der Waals surface area contributed by atoms with Gasteiger partial charge in [0, 0.05) is 36.6 Å². The van der Waals surface area contributed by atoms with E-state index in [0.717, 1.165) is 29.7 Å². The predicted molar refractivity (Wildman–Crippen MR) is 127 cm³/mol. The first-order valence-electron chi connectivity index (χ1n) is 11.1. The van der Waals surface area contributed by atoms with Gasteiger partial charge in [0.15, 0.2) is 0 Å². The third kappa shape index (κ3) is 5.20. The molecule has 3 atom stereocenters. The number of hydrogen-bond donors (Lipinski definition) is 1. The van der Waals surface area contributed by atoms with Crippen molar-refractivity contribution in [1.82, 2.24) is 4.98 Å². The van der Waals surface area contributed by atoms with Crippen LogP contribution in [0.5, 0.6) is 0 Å². The Morgan fingerprint density at radius 2 is 1.77 bits per heavy atom. The van der Waals surface area contributed by atoms with E-state index < -0.39 is 0 Å². The Bertz CT molecular complexity index is 986. The van der Waals surface area contributed by atoms with E-state index in [1.165, 1.54) is 5.56 Å². The second kappa shape index (κ2) is 9.44. The largest absolute Gasteiger partial charge is 0.326 e. The van der Waals surface area contributed by atoms with Gasteiger partial charge >= 0.3 is 0 Å². The van der Waals surface area contributed by atoms with Crippen LogP contribution in [-0.2, 0) is 4.79 Å². The number of benzene rings is 2. The van der Waals surface area contributed by atoms with Crippen LogP contribution in [0.25, 0.3) is 11.1 Å². The number of pyridine rings is 1. The molecule has 4 heteroatoms. The first-order chi connectivity index (χ1) is 15.0. The molecule has 0 unspecified atom stereocenters. The van der Waals surface area contributed by atoms with E-state index in [-0.39, 0.29) is 17.9 Å². The number of nitrogens with two attached hydrogens (primary N) is 1. The van der Waals surface area contributed by atoms with Crippen molar-refractivity contribution in [3.63, 3.8) is 0 Å². The van der Waals surface area contributed by atoms with Gasteiger partial charge in [0.1, 0.15) is 0 Å². The van der Waals surface area contributed by atoms with Gasteiger partial charge in [-0.05, 0) is 59.6 Å². The van der Waals surface area contributed by atoms with Gasteiger partial charge in [-0.3, -0.25) is 9.78 Å². The number of carbonyl (C=O) groups is 1. The number of aromatic nitrogens is 1. The van der Waals surface area contributed by atoms with Crippen molar-refractivity contribution >= 4 is 11.6 Å². The fraction of sp³-hybridized carbons (Fsp3) is 0.333. The first-order valence-corrected chi connectivity index (χ1v) is 11.1. The van der Waals surface area contributed by atoms with Crippen LogP contribution in [0.15, 0.2) is 79.1 Å². The number of hydrogen-bond acceptors (Lipinski definition) is 3. The minimum atomic E-state index is -0.0455. The van der Waals surface area contributed by atoms with Crippen LogP contribution in [0, 0.1) is 11.8 Å².